The van der Waals surface area contributed by atoms with Gasteiger partial charge < -0.3 is 0 Å². The van der Waals surface area contributed by atoms with Crippen molar-refractivity contribution in [1.82, 2.24) is 9.80 Å². The van der Waals surface area contributed by atoms with E-state index in [1.807, 2.05) is 0 Å². The van der Waals surface area contributed by atoms with Gasteiger partial charge in [-0.25, -0.2) is 4.90 Å². The number of hydrogen-bond donors (Lipinski definition) is 0. The lowest BCUT2D eigenvalue weighted by molar-refractivity contribution is -0.125. The Labute approximate surface area is 183 Å². The highest BCUT2D eigenvalue weighted by atomic mass is 35.5. The fourth-order valence-corrected chi connectivity index (χ4v) is 7.85. The van der Waals surface area contributed by atoms with Crippen LogP contribution >= 0.6 is 11.6 Å². The minimum absolute atomic E-state index is 0.0782. The summed E-state index contributed by atoms with van der Waals surface area (Å²) in [7, 11) is 0. The van der Waals surface area contributed by atoms with Crippen molar-refractivity contribution in [3.8, 4) is 0 Å². The summed E-state index contributed by atoms with van der Waals surface area (Å²) >= 11 is 5.97. The molecule has 6 fully saturated rings. The summed E-state index contributed by atoms with van der Waals surface area (Å²) < 4.78 is 0. The highest BCUT2D eigenvalue weighted by Gasteiger charge is 2.54. The van der Waals surface area contributed by atoms with Crippen LogP contribution in [0.5, 0.6) is 0 Å². The minimum Gasteiger partial charge on any atom is -0.295 e. The predicted molar refractivity (Wildman–Crippen MR) is 116 cm³/mol. The molecule has 4 aliphatic carbocycles. The van der Waals surface area contributed by atoms with Gasteiger partial charge in [-0.1, -0.05) is 11.6 Å². The number of piperazine rings is 1. The van der Waals surface area contributed by atoms with Gasteiger partial charge in [0.15, 0.2) is 0 Å². The van der Waals surface area contributed by atoms with Gasteiger partial charge in [0.2, 0.25) is 5.91 Å². The molecule has 4 saturated carbocycles. The zero-order valence-electron chi connectivity index (χ0n) is 17.4. The predicted octanol–water partition coefficient (Wildman–Crippen LogP) is 3.56. The molecule has 30 heavy (non-hydrogen) atoms. The van der Waals surface area contributed by atoms with Gasteiger partial charge in [0.25, 0.3) is 5.91 Å². The maximum absolute atomic E-state index is 13.1. The number of rotatable bonds is 3. The fraction of sp³-hybridized carbons (Fsp3) is 0.667. The van der Waals surface area contributed by atoms with Gasteiger partial charge in [-0.2, -0.15) is 0 Å². The maximum atomic E-state index is 13.1. The molecule has 4 bridgehead atoms. The second kappa shape index (κ2) is 7.04. The standard InChI is InChI=1S/C24H30ClN3O2/c25-19-1-3-20(4-2-19)28-22(29)12-21(23(28)30)26-5-7-27(8-6-26)24-13-16-9-17(14-24)11-18(10-16)15-24/h1-4,16-18,21H,5-15H2/t16?,17?,18?,21-,24?/m0/s1. The lowest BCUT2D eigenvalue weighted by atomic mass is 9.52. The lowest BCUT2D eigenvalue weighted by Crippen LogP contribution is -2.64. The Kier molecular flexibility index (Phi) is 4.52. The van der Waals surface area contributed by atoms with Crippen molar-refractivity contribution in [1.29, 1.82) is 0 Å². The Hall–Kier alpha value is -1.43. The van der Waals surface area contributed by atoms with Gasteiger partial charge in [0.1, 0.15) is 0 Å². The molecule has 1 aromatic carbocycles. The normalized spacial score (nSPS) is 39.3. The van der Waals surface area contributed by atoms with E-state index in [4.69, 9.17) is 11.6 Å². The number of anilines is 1. The molecular formula is C24H30ClN3O2. The van der Waals surface area contributed by atoms with Crippen LogP contribution in [-0.4, -0.2) is 59.4 Å². The van der Waals surface area contributed by atoms with Crippen molar-refractivity contribution in [3.63, 3.8) is 0 Å². The van der Waals surface area contributed by atoms with Crippen molar-refractivity contribution in [2.45, 2.75) is 56.5 Å². The Balaban J connectivity index is 1.13. The molecule has 1 atom stereocenters. The fourth-order valence-electron chi connectivity index (χ4n) is 7.72. The van der Waals surface area contributed by atoms with Crippen molar-refractivity contribution >= 4 is 29.1 Å². The van der Waals surface area contributed by atoms with Gasteiger partial charge >= 0.3 is 0 Å². The summed E-state index contributed by atoms with van der Waals surface area (Å²) in [4.78, 5) is 32.2. The summed E-state index contributed by atoms with van der Waals surface area (Å²) in [5.41, 5.74) is 1.06. The highest BCUT2D eigenvalue weighted by molar-refractivity contribution is 6.30. The van der Waals surface area contributed by atoms with Crippen LogP contribution in [-0.2, 0) is 9.59 Å². The Bertz CT molecular complexity index is 826. The Morgan fingerprint density at radius 2 is 1.40 bits per heavy atom. The van der Waals surface area contributed by atoms with Gasteiger partial charge in [0.05, 0.1) is 18.2 Å². The minimum atomic E-state index is -0.313. The molecule has 0 unspecified atom stereocenters. The maximum Gasteiger partial charge on any atom is 0.251 e. The largest absolute Gasteiger partial charge is 0.295 e. The van der Waals surface area contributed by atoms with Crippen LogP contribution in [0.4, 0.5) is 5.69 Å². The molecule has 0 spiro atoms. The first kappa shape index (κ1) is 19.3. The molecule has 160 valence electrons. The summed E-state index contributed by atoms with van der Waals surface area (Å²) in [6.45, 7) is 3.84. The monoisotopic (exact) mass is 427 g/mol. The zero-order chi connectivity index (χ0) is 20.5. The van der Waals surface area contributed by atoms with Crippen LogP contribution in [0.1, 0.15) is 44.9 Å². The average molecular weight is 428 g/mol. The number of benzene rings is 1. The van der Waals surface area contributed by atoms with Crippen LogP contribution in [0, 0.1) is 17.8 Å². The SMILES string of the molecule is O=C1C[C@H](N2CCN(C34CC5CC(CC(C5)C3)C4)CC2)C(=O)N1c1ccc(Cl)cc1. The zero-order valence-corrected chi connectivity index (χ0v) is 18.2. The van der Waals surface area contributed by atoms with E-state index in [2.05, 4.69) is 9.80 Å². The van der Waals surface area contributed by atoms with Gasteiger partial charge in [0, 0.05) is 36.7 Å². The van der Waals surface area contributed by atoms with Crippen LogP contribution in [0.15, 0.2) is 24.3 Å². The molecule has 6 aliphatic rings. The molecule has 5 nitrogen and oxygen atoms in total. The van der Waals surface area contributed by atoms with Crippen molar-refractivity contribution < 1.29 is 9.59 Å². The smallest absolute Gasteiger partial charge is 0.251 e. The van der Waals surface area contributed by atoms with E-state index in [1.165, 1.54) is 43.4 Å². The third-order valence-corrected chi connectivity index (χ3v) is 8.89. The third kappa shape index (κ3) is 3.04. The number of hydrogen-bond acceptors (Lipinski definition) is 4. The molecule has 7 rings (SSSR count). The second-order valence-electron chi connectivity index (χ2n) is 10.4. The van der Waals surface area contributed by atoms with Crippen LogP contribution in [0.3, 0.4) is 0 Å². The number of halogens is 1. The van der Waals surface area contributed by atoms with E-state index in [0.29, 0.717) is 22.7 Å². The quantitative estimate of drug-likeness (QED) is 0.692. The first-order chi connectivity index (χ1) is 14.5. The van der Waals surface area contributed by atoms with Gasteiger partial charge in [-0.3, -0.25) is 19.4 Å². The molecule has 2 amide bonds. The van der Waals surface area contributed by atoms with Crippen molar-refractivity contribution in [2.75, 3.05) is 31.1 Å². The number of nitrogens with zero attached hydrogens (tertiary/aromatic N) is 3. The van der Waals surface area contributed by atoms with Crippen LogP contribution in [0.25, 0.3) is 0 Å². The van der Waals surface area contributed by atoms with Crippen LogP contribution in [0.2, 0.25) is 5.02 Å². The Morgan fingerprint density at radius 1 is 0.833 bits per heavy atom. The van der Waals surface area contributed by atoms with E-state index in [1.54, 1.807) is 24.3 Å². The third-order valence-electron chi connectivity index (χ3n) is 8.64. The molecule has 2 saturated heterocycles. The molecular weight excluding hydrogens is 398 g/mol. The van der Waals surface area contributed by atoms with Crippen molar-refractivity contribution in [2.24, 2.45) is 17.8 Å². The number of amides is 2. The topological polar surface area (TPSA) is 43.9 Å². The first-order valence-corrected chi connectivity index (χ1v) is 12.0. The summed E-state index contributed by atoms with van der Waals surface area (Å²) in [5.74, 6) is 2.69. The Morgan fingerprint density at radius 3 is 1.97 bits per heavy atom. The summed E-state index contributed by atoms with van der Waals surface area (Å²) in [6, 6.07) is 6.66. The summed E-state index contributed by atoms with van der Waals surface area (Å²) in [5, 5.41) is 0.607. The lowest BCUT2D eigenvalue weighted by Gasteiger charge is -2.61. The average Bonchev–Trinajstić information content (AvgIpc) is 3.02. The first-order valence-electron chi connectivity index (χ1n) is 11.6. The van der Waals surface area contributed by atoms with Gasteiger partial charge in [-0.05, 0) is 80.5 Å². The van der Waals surface area contributed by atoms with Crippen LogP contribution < -0.4 is 4.90 Å². The number of carbonyl (C=O) groups is 2. The molecule has 2 aliphatic heterocycles. The number of imide groups is 1. The molecule has 0 aromatic heterocycles. The molecule has 1 aromatic rings. The van der Waals surface area contributed by atoms with Crippen molar-refractivity contribution in [3.05, 3.63) is 29.3 Å². The molecule has 2 heterocycles. The van der Waals surface area contributed by atoms with Gasteiger partial charge in [-0.15, -0.1) is 0 Å². The van der Waals surface area contributed by atoms with E-state index in [0.717, 1.165) is 43.9 Å². The molecule has 0 N–H and O–H groups in total. The summed E-state index contributed by atoms with van der Waals surface area (Å²) in [6.07, 6.45) is 8.88. The van der Waals surface area contributed by atoms with E-state index in [9.17, 15) is 9.59 Å². The van der Waals surface area contributed by atoms with E-state index in [-0.39, 0.29) is 17.9 Å². The second-order valence-corrected chi connectivity index (χ2v) is 10.9. The van der Waals surface area contributed by atoms with E-state index >= 15 is 0 Å². The van der Waals surface area contributed by atoms with E-state index < -0.39 is 0 Å². The number of carbonyl (C=O) groups excluding carboxylic acids is 2. The highest BCUT2D eigenvalue weighted by Crippen LogP contribution is 2.57. The molecule has 6 heteroatoms. The molecule has 0 radical (unpaired) electrons.